The van der Waals surface area contributed by atoms with Gasteiger partial charge in [0, 0.05) is 5.56 Å². The maximum atomic E-state index is 12.2. The van der Waals surface area contributed by atoms with Gasteiger partial charge in [0.2, 0.25) is 0 Å². The molecule has 1 aliphatic heterocycles. The number of rotatable bonds is 0. The third-order valence-electron chi connectivity index (χ3n) is 3.17. The van der Waals surface area contributed by atoms with Crippen molar-refractivity contribution in [1.29, 1.82) is 5.26 Å². The van der Waals surface area contributed by atoms with Gasteiger partial charge in [0.15, 0.2) is 5.69 Å². The molecule has 1 aromatic heterocycles. The lowest BCUT2D eigenvalue weighted by atomic mass is 10.1. The lowest BCUT2D eigenvalue weighted by molar-refractivity contribution is 0.0236. The lowest BCUT2D eigenvalue weighted by Crippen LogP contribution is -2.34. The highest BCUT2D eigenvalue weighted by Gasteiger charge is 2.35. The van der Waals surface area contributed by atoms with E-state index in [0.717, 1.165) is 11.3 Å². The van der Waals surface area contributed by atoms with Gasteiger partial charge in [-0.1, -0.05) is 0 Å². The maximum Gasteiger partial charge on any atom is 0.410 e. The zero-order chi connectivity index (χ0) is 16.0. The lowest BCUT2D eigenvalue weighted by Gasteiger charge is -2.25. The summed E-state index contributed by atoms with van der Waals surface area (Å²) in [5.41, 5.74) is 1.39. The van der Waals surface area contributed by atoms with Crippen LogP contribution in [-0.2, 0) is 23.4 Å². The van der Waals surface area contributed by atoms with E-state index in [4.69, 9.17) is 4.74 Å². The number of aromatic nitrogens is 2. The first-order valence-corrected chi connectivity index (χ1v) is 7.02. The smallest absolute Gasteiger partial charge is 0.410 e. The minimum absolute atomic E-state index is 0.233. The number of carbonyl (C=O) groups excluding carboxylic acids is 1. The first-order chi connectivity index (χ1) is 9.53. The quantitative estimate of drug-likeness (QED) is 0.736. The predicted molar refractivity (Wildman–Crippen MR) is 77.4 cm³/mol. The van der Waals surface area contributed by atoms with Gasteiger partial charge in [-0.05, 0) is 41.5 Å². The van der Waals surface area contributed by atoms with Gasteiger partial charge < -0.3 is 4.74 Å². The molecule has 0 atom stereocenters. The Bertz CT molecular complexity index is 611. The minimum atomic E-state index is -0.528. The van der Waals surface area contributed by atoms with Crippen LogP contribution in [0.5, 0.6) is 0 Å². The van der Waals surface area contributed by atoms with Gasteiger partial charge in [0.1, 0.15) is 11.7 Å². The Morgan fingerprint density at radius 3 is 2.33 bits per heavy atom. The average molecular weight is 290 g/mol. The fourth-order valence-corrected chi connectivity index (χ4v) is 2.34. The Balaban J connectivity index is 2.29. The molecule has 0 radical (unpaired) electrons. The molecular formula is C15H22N4O2. The second-order valence-corrected chi connectivity index (χ2v) is 7.30. The van der Waals surface area contributed by atoms with E-state index in [2.05, 4.69) is 11.2 Å². The van der Waals surface area contributed by atoms with Gasteiger partial charge in [-0.3, -0.25) is 9.58 Å². The molecule has 0 spiro atoms. The van der Waals surface area contributed by atoms with Crippen LogP contribution in [0, 0.1) is 11.3 Å². The number of carbonyl (C=O) groups is 1. The molecular weight excluding hydrogens is 268 g/mol. The van der Waals surface area contributed by atoms with Crippen molar-refractivity contribution in [2.24, 2.45) is 0 Å². The number of hydrogen-bond acceptors (Lipinski definition) is 4. The molecule has 2 rings (SSSR count). The molecule has 0 aliphatic carbocycles. The number of ether oxygens (including phenoxy) is 1. The number of amides is 1. The summed E-state index contributed by atoms with van der Waals surface area (Å²) in [4.78, 5) is 13.8. The van der Waals surface area contributed by atoms with E-state index in [1.165, 1.54) is 0 Å². The number of hydrogen-bond donors (Lipinski definition) is 0. The summed E-state index contributed by atoms with van der Waals surface area (Å²) in [6.07, 6.45) is -0.358. The number of fused-ring (bicyclic) bond motifs is 1. The van der Waals surface area contributed by atoms with Crippen molar-refractivity contribution < 1.29 is 9.53 Å². The molecule has 0 fully saturated rings. The van der Waals surface area contributed by atoms with Gasteiger partial charge in [-0.2, -0.15) is 10.4 Å². The first kappa shape index (κ1) is 15.4. The largest absolute Gasteiger partial charge is 0.444 e. The fourth-order valence-electron chi connectivity index (χ4n) is 2.34. The Morgan fingerprint density at radius 2 is 1.86 bits per heavy atom. The van der Waals surface area contributed by atoms with Gasteiger partial charge in [-0.25, -0.2) is 4.79 Å². The summed E-state index contributed by atoms with van der Waals surface area (Å²) in [6, 6.07) is 2.12. The number of nitriles is 1. The van der Waals surface area contributed by atoms with Crippen molar-refractivity contribution in [1.82, 2.24) is 14.7 Å². The molecule has 0 N–H and O–H groups in total. The van der Waals surface area contributed by atoms with Crippen LogP contribution < -0.4 is 0 Å². The summed E-state index contributed by atoms with van der Waals surface area (Å²) in [6.45, 7) is 12.4. The van der Waals surface area contributed by atoms with Crippen LogP contribution in [0.1, 0.15) is 58.5 Å². The first-order valence-electron chi connectivity index (χ1n) is 7.02. The normalized spacial score (nSPS) is 14.8. The van der Waals surface area contributed by atoms with Crippen molar-refractivity contribution in [3.63, 3.8) is 0 Å². The van der Waals surface area contributed by atoms with Crippen LogP contribution >= 0.6 is 0 Å². The molecule has 21 heavy (non-hydrogen) atoms. The molecule has 1 aliphatic rings. The third-order valence-corrected chi connectivity index (χ3v) is 3.17. The standard InChI is InChI=1S/C15H22N4O2/c1-14(2,3)19-12-9-18(13(20)21-15(4,5)6)8-10(12)11(7-16)17-19/h8-9H2,1-6H3. The third kappa shape index (κ3) is 3.02. The molecule has 0 aromatic carbocycles. The highest BCUT2D eigenvalue weighted by molar-refractivity contribution is 5.69. The van der Waals surface area contributed by atoms with E-state index in [1.807, 2.05) is 46.2 Å². The van der Waals surface area contributed by atoms with Gasteiger partial charge in [0.05, 0.1) is 24.3 Å². The average Bonchev–Trinajstić information content (AvgIpc) is 2.82. The molecule has 2 heterocycles. The van der Waals surface area contributed by atoms with E-state index < -0.39 is 5.60 Å². The number of nitrogens with zero attached hydrogens (tertiary/aromatic N) is 4. The fraction of sp³-hybridized carbons (Fsp3) is 0.667. The monoisotopic (exact) mass is 290 g/mol. The maximum absolute atomic E-state index is 12.2. The topological polar surface area (TPSA) is 71.2 Å². The van der Waals surface area contributed by atoms with Crippen LogP contribution in [0.2, 0.25) is 0 Å². The van der Waals surface area contributed by atoms with Crippen LogP contribution in [0.15, 0.2) is 0 Å². The van der Waals surface area contributed by atoms with Crippen LogP contribution in [0.25, 0.3) is 0 Å². The molecule has 0 unspecified atom stereocenters. The van der Waals surface area contributed by atoms with Crippen LogP contribution in [0.3, 0.4) is 0 Å². The van der Waals surface area contributed by atoms with E-state index in [0.29, 0.717) is 18.8 Å². The van der Waals surface area contributed by atoms with Crippen molar-refractivity contribution >= 4 is 6.09 Å². The van der Waals surface area contributed by atoms with Gasteiger partial charge in [-0.15, -0.1) is 0 Å². The van der Waals surface area contributed by atoms with Crippen molar-refractivity contribution in [2.75, 3.05) is 0 Å². The summed E-state index contributed by atoms with van der Waals surface area (Å²) in [5.74, 6) is 0. The van der Waals surface area contributed by atoms with Crippen molar-refractivity contribution in [3.8, 4) is 6.07 Å². The molecule has 6 nitrogen and oxygen atoms in total. The van der Waals surface area contributed by atoms with E-state index >= 15 is 0 Å². The Labute approximate surface area is 125 Å². The zero-order valence-electron chi connectivity index (χ0n) is 13.5. The molecule has 1 amide bonds. The second kappa shape index (κ2) is 4.76. The summed E-state index contributed by atoms with van der Waals surface area (Å²) in [5, 5.41) is 13.6. The minimum Gasteiger partial charge on any atom is -0.444 e. The molecule has 0 bridgehead atoms. The zero-order valence-corrected chi connectivity index (χ0v) is 13.5. The van der Waals surface area contributed by atoms with E-state index in [-0.39, 0.29) is 11.6 Å². The van der Waals surface area contributed by atoms with Gasteiger partial charge in [0.25, 0.3) is 0 Å². The highest BCUT2D eigenvalue weighted by atomic mass is 16.6. The van der Waals surface area contributed by atoms with E-state index in [1.54, 1.807) is 4.90 Å². The van der Waals surface area contributed by atoms with Gasteiger partial charge >= 0.3 is 6.09 Å². The molecule has 6 heteroatoms. The molecule has 1 aromatic rings. The summed E-state index contributed by atoms with van der Waals surface area (Å²) in [7, 11) is 0. The Hall–Kier alpha value is -2.03. The SMILES string of the molecule is CC(C)(C)OC(=O)N1Cc2c(C#N)nn(C(C)(C)C)c2C1. The van der Waals surface area contributed by atoms with Crippen LogP contribution in [0.4, 0.5) is 4.79 Å². The van der Waals surface area contributed by atoms with Crippen molar-refractivity contribution in [2.45, 2.75) is 65.8 Å². The summed E-state index contributed by atoms with van der Waals surface area (Å²) < 4.78 is 7.23. The molecule has 0 saturated carbocycles. The van der Waals surface area contributed by atoms with Crippen molar-refractivity contribution in [3.05, 3.63) is 17.0 Å². The second-order valence-electron chi connectivity index (χ2n) is 7.30. The Morgan fingerprint density at radius 1 is 1.24 bits per heavy atom. The molecule has 0 saturated heterocycles. The van der Waals surface area contributed by atoms with E-state index in [9.17, 15) is 10.1 Å². The molecule has 114 valence electrons. The summed E-state index contributed by atoms with van der Waals surface area (Å²) >= 11 is 0. The highest BCUT2D eigenvalue weighted by Crippen LogP contribution is 2.30. The van der Waals surface area contributed by atoms with Crippen LogP contribution in [-0.4, -0.2) is 26.4 Å². The Kier molecular flexibility index (Phi) is 3.48. The predicted octanol–water partition coefficient (Wildman–Crippen LogP) is 2.76.